The zero-order valence-electron chi connectivity index (χ0n) is 12.6. The van der Waals surface area contributed by atoms with E-state index in [-0.39, 0.29) is 5.92 Å². The summed E-state index contributed by atoms with van der Waals surface area (Å²) < 4.78 is 5.34. The number of rotatable bonds is 5. The summed E-state index contributed by atoms with van der Waals surface area (Å²) >= 11 is 5.51. The first-order chi connectivity index (χ1) is 11.1. The predicted molar refractivity (Wildman–Crippen MR) is 87.9 cm³/mol. The van der Waals surface area contributed by atoms with E-state index < -0.39 is 17.1 Å². The maximum absolute atomic E-state index is 12.5. The van der Waals surface area contributed by atoms with Crippen LogP contribution < -0.4 is 0 Å². The Morgan fingerprint density at radius 2 is 1.96 bits per heavy atom. The third-order valence-electron chi connectivity index (χ3n) is 4.13. The molecular weight excluding hydrogens is 314 g/mol. The van der Waals surface area contributed by atoms with E-state index in [1.165, 1.54) is 0 Å². The fourth-order valence-electron chi connectivity index (χ4n) is 3.24. The second-order valence-corrected chi connectivity index (χ2v) is 5.77. The Bertz CT molecular complexity index is 721. The van der Waals surface area contributed by atoms with Crippen LogP contribution in [-0.2, 0) is 14.3 Å². The van der Waals surface area contributed by atoms with Crippen molar-refractivity contribution >= 4 is 22.6 Å². The van der Waals surface area contributed by atoms with Crippen LogP contribution >= 0.6 is 11.6 Å². The Labute approximate surface area is 139 Å². The summed E-state index contributed by atoms with van der Waals surface area (Å²) in [5, 5.41) is -0.947. The Balaban J connectivity index is 2.14. The lowest BCUT2D eigenvalue weighted by atomic mass is 9.85. The third kappa shape index (κ3) is 2.76. The molecule has 0 aromatic heterocycles. The van der Waals surface area contributed by atoms with E-state index in [2.05, 4.69) is 0 Å². The number of allylic oxidation sites excluding steroid dienone is 3. The summed E-state index contributed by atoms with van der Waals surface area (Å²) in [6, 6.07) is 8.97. The summed E-state index contributed by atoms with van der Waals surface area (Å²) in [6.07, 6.45) is 7.46. The molecule has 2 heterocycles. The highest BCUT2D eigenvalue weighted by molar-refractivity contribution is 6.81. The van der Waals surface area contributed by atoms with Crippen LogP contribution in [0.15, 0.2) is 66.0 Å². The molecule has 2 unspecified atom stereocenters. The van der Waals surface area contributed by atoms with Gasteiger partial charge in [0, 0.05) is 24.9 Å². The number of methoxy groups -OCH3 is 1. The zero-order valence-corrected chi connectivity index (χ0v) is 13.4. The largest absolute Gasteiger partial charge is 0.380 e. The number of carbonyl (C=O) groups excluding carboxylic acids is 2. The lowest BCUT2D eigenvalue weighted by Gasteiger charge is -2.28. The molecule has 1 aromatic carbocycles. The quantitative estimate of drug-likeness (QED) is 0.615. The Hall–Kier alpha value is -2.17. The van der Waals surface area contributed by atoms with Crippen molar-refractivity contribution in [2.45, 2.75) is 12.0 Å². The Morgan fingerprint density at radius 1 is 1.22 bits per heavy atom. The zero-order chi connectivity index (χ0) is 16.4. The van der Waals surface area contributed by atoms with Crippen LogP contribution in [0.2, 0.25) is 0 Å². The van der Waals surface area contributed by atoms with Gasteiger partial charge >= 0.3 is 0 Å². The average molecular weight is 330 g/mol. The predicted octanol–water partition coefficient (Wildman–Crippen LogP) is 2.77. The molecule has 4 nitrogen and oxygen atoms in total. The van der Waals surface area contributed by atoms with E-state index in [0.29, 0.717) is 6.61 Å². The molecule has 2 atom stereocenters. The van der Waals surface area contributed by atoms with E-state index in [9.17, 15) is 9.59 Å². The topological polar surface area (TPSA) is 46.6 Å². The Kier molecular flexibility index (Phi) is 4.46. The van der Waals surface area contributed by atoms with Gasteiger partial charge in [-0.15, -0.1) is 0 Å². The van der Waals surface area contributed by atoms with Crippen molar-refractivity contribution < 1.29 is 14.3 Å². The van der Waals surface area contributed by atoms with Crippen molar-refractivity contribution in [3.63, 3.8) is 0 Å². The SMILES string of the molecule is COCC1=C2C=CC=CN2C(C(=O)C(=O)Cl)C1c1ccccc1. The first-order valence-electron chi connectivity index (χ1n) is 7.29. The number of benzene rings is 1. The van der Waals surface area contributed by atoms with Crippen LogP contribution in [0.5, 0.6) is 0 Å². The van der Waals surface area contributed by atoms with E-state index in [0.717, 1.165) is 16.8 Å². The number of hydrogen-bond donors (Lipinski definition) is 0. The Morgan fingerprint density at radius 3 is 2.61 bits per heavy atom. The van der Waals surface area contributed by atoms with Gasteiger partial charge < -0.3 is 9.64 Å². The molecule has 0 amide bonds. The van der Waals surface area contributed by atoms with E-state index in [1.54, 1.807) is 13.3 Å². The van der Waals surface area contributed by atoms with Crippen molar-refractivity contribution in [1.29, 1.82) is 0 Å². The number of hydrogen-bond acceptors (Lipinski definition) is 4. The minimum Gasteiger partial charge on any atom is -0.380 e. The fraction of sp³-hybridized carbons (Fsp3) is 0.222. The first-order valence-corrected chi connectivity index (χ1v) is 7.66. The summed E-state index contributed by atoms with van der Waals surface area (Å²) in [7, 11) is 1.62. The summed E-state index contributed by atoms with van der Waals surface area (Å²) in [4.78, 5) is 25.8. The van der Waals surface area contributed by atoms with Crippen molar-refractivity contribution in [3.05, 3.63) is 71.6 Å². The average Bonchev–Trinajstić information content (AvgIpc) is 2.90. The van der Waals surface area contributed by atoms with Gasteiger partial charge in [-0.1, -0.05) is 36.4 Å². The van der Waals surface area contributed by atoms with Crippen LogP contribution in [0, 0.1) is 0 Å². The molecule has 23 heavy (non-hydrogen) atoms. The number of nitrogens with zero attached hydrogens (tertiary/aromatic N) is 1. The lowest BCUT2D eigenvalue weighted by Crippen LogP contribution is -2.40. The molecule has 0 N–H and O–H groups in total. The summed E-state index contributed by atoms with van der Waals surface area (Å²) in [5.74, 6) is -0.877. The van der Waals surface area contributed by atoms with Gasteiger partial charge in [0.05, 0.1) is 6.61 Å². The molecule has 2 aliphatic rings. The van der Waals surface area contributed by atoms with Crippen molar-refractivity contribution in [3.8, 4) is 0 Å². The molecule has 5 heteroatoms. The lowest BCUT2D eigenvalue weighted by molar-refractivity contribution is -0.134. The van der Waals surface area contributed by atoms with E-state index in [4.69, 9.17) is 16.3 Å². The monoisotopic (exact) mass is 329 g/mol. The van der Waals surface area contributed by atoms with Crippen LogP contribution in [0.25, 0.3) is 0 Å². The molecule has 0 bridgehead atoms. The van der Waals surface area contributed by atoms with Gasteiger partial charge in [0.25, 0.3) is 5.24 Å². The number of halogens is 1. The molecular formula is C18H16ClNO3. The molecule has 1 aromatic rings. The standard InChI is InChI=1S/C18H16ClNO3/c1-23-11-13-14-9-5-6-10-20(14)16(17(21)18(19)22)15(13)12-7-3-2-4-8-12/h2-10,15-16H,11H2,1H3. The summed E-state index contributed by atoms with van der Waals surface area (Å²) in [5.41, 5.74) is 2.81. The van der Waals surface area contributed by atoms with Gasteiger partial charge in [0.1, 0.15) is 6.04 Å². The van der Waals surface area contributed by atoms with Gasteiger partial charge in [-0.2, -0.15) is 0 Å². The number of ketones is 1. The molecule has 0 spiro atoms. The second kappa shape index (κ2) is 6.52. The smallest absolute Gasteiger partial charge is 0.290 e. The number of fused-ring (bicyclic) bond motifs is 1. The van der Waals surface area contributed by atoms with Crippen molar-refractivity contribution in [1.82, 2.24) is 4.90 Å². The van der Waals surface area contributed by atoms with Crippen LogP contribution in [0.4, 0.5) is 0 Å². The number of Topliss-reactive ketones (excluding diaryl/α,β-unsaturated/α-hetero) is 1. The molecule has 0 radical (unpaired) electrons. The van der Waals surface area contributed by atoms with Crippen LogP contribution in [0.3, 0.4) is 0 Å². The van der Waals surface area contributed by atoms with Crippen molar-refractivity contribution in [2.24, 2.45) is 0 Å². The summed E-state index contributed by atoms with van der Waals surface area (Å²) in [6.45, 7) is 0.379. The van der Waals surface area contributed by atoms with Gasteiger partial charge in [0.2, 0.25) is 5.78 Å². The molecule has 0 aliphatic carbocycles. The molecule has 2 aliphatic heterocycles. The number of carbonyl (C=O) groups is 2. The van der Waals surface area contributed by atoms with Crippen LogP contribution in [-0.4, -0.2) is 35.7 Å². The van der Waals surface area contributed by atoms with Gasteiger partial charge in [0.15, 0.2) is 0 Å². The highest BCUT2D eigenvalue weighted by atomic mass is 35.5. The minimum atomic E-state index is -0.947. The van der Waals surface area contributed by atoms with Crippen LogP contribution in [0.1, 0.15) is 11.5 Å². The van der Waals surface area contributed by atoms with E-state index in [1.807, 2.05) is 53.5 Å². The normalized spacial score (nSPS) is 22.4. The molecule has 0 saturated heterocycles. The molecule has 3 rings (SSSR count). The second-order valence-electron chi connectivity index (χ2n) is 5.42. The molecule has 0 saturated carbocycles. The molecule has 0 fully saturated rings. The molecule has 118 valence electrons. The van der Waals surface area contributed by atoms with E-state index >= 15 is 0 Å². The minimum absolute atomic E-state index is 0.270. The van der Waals surface area contributed by atoms with Gasteiger partial charge in [-0.3, -0.25) is 9.59 Å². The third-order valence-corrected chi connectivity index (χ3v) is 4.32. The number of ether oxygens (including phenoxy) is 1. The highest BCUT2D eigenvalue weighted by Crippen LogP contribution is 2.43. The maximum atomic E-state index is 12.5. The van der Waals surface area contributed by atoms with Gasteiger partial charge in [-0.25, -0.2) is 0 Å². The maximum Gasteiger partial charge on any atom is 0.290 e. The van der Waals surface area contributed by atoms with Gasteiger partial charge in [-0.05, 0) is 34.9 Å². The fourth-order valence-corrected chi connectivity index (χ4v) is 3.35. The first kappa shape index (κ1) is 15.7. The highest BCUT2D eigenvalue weighted by Gasteiger charge is 2.45. The van der Waals surface area contributed by atoms with Crippen molar-refractivity contribution in [2.75, 3.05) is 13.7 Å².